The monoisotopic (exact) mass is 535 g/mol. The quantitative estimate of drug-likeness (QED) is 0.186. The molecule has 7 heteroatoms. The van der Waals surface area contributed by atoms with Crippen LogP contribution in [0.25, 0.3) is 33.9 Å². The van der Waals surface area contributed by atoms with E-state index in [0.717, 1.165) is 18.1 Å². The largest absolute Gasteiger partial charge is 0.507 e. The van der Waals surface area contributed by atoms with E-state index >= 15 is 0 Å². The van der Waals surface area contributed by atoms with E-state index in [1.54, 1.807) is 12.2 Å². The number of nitrogens with zero attached hydrogens (tertiary/aromatic N) is 2. The van der Waals surface area contributed by atoms with Crippen LogP contribution in [0.5, 0.6) is 11.5 Å². The summed E-state index contributed by atoms with van der Waals surface area (Å²) in [7, 11) is 0. The number of aromatic nitrogens is 2. The molecular weight excluding hydrogens is 507 g/mol. The fraction of sp³-hybridized carbons (Fsp3) is 0.100. The smallest absolute Gasteiger partial charge is 0.300 e. The normalized spacial score (nSPS) is 9.86. The van der Waals surface area contributed by atoms with Gasteiger partial charge in [0.1, 0.15) is 11.5 Å². The molecule has 0 aliphatic heterocycles. The molecule has 3 N–H and O–H groups in total. The Morgan fingerprint density at radius 3 is 1.38 bits per heavy atom. The summed E-state index contributed by atoms with van der Waals surface area (Å²) in [5, 5.41) is 28.8. The average molecular weight is 536 g/mol. The van der Waals surface area contributed by atoms with Crippen molar-refractivity contribution in [2.45, 2.75) is 19.8 Å². The summed E-state index contributed by atoms with van der Waals surface area (Å²) < 4.78 is 0. The third-order valence-corrected chi connectivity index (χ3v) is 5.28. The number of hydrogen-bond donors (Lipinski definition) is 3. The number of carboxylic acids is 1. The molecule has 2 aromatic heterocycles. The maximum Gasteiger partial charge on any atom is 0.300 e. The Bertz CT molecular complexity index is 1300. The van der Waals surface area contributed by atoms with Crippen molar-refractivity contribution in [1.29, 1.82) is 0 Å². The van der Waals surface area contributed by atoms with Crippen molar-refractivity contribution in [3.63, 3.8) is 0 Å². The van der Waals surface area contributed by atoms with Gasteiger partial charge in [-0.2, -0.15) is 0 Å². The molecular formula is C30H28MnN2O4. The van der Waals surface area contributed by atoms with Gasteiger partial charge in [0.05, 0.1) is 22.8 Å². The summed E-state index contributed by atoms with van der Waals surface area (Å²) in [5.41, 5.74) is 5.62. The summed E-state index contributed by atoms with van der Waals surface area (Å²) in [6.07, 6.45) is 4.68. The number of aliphatic carboxylic acids is 1. The van der Waals surface area contributed by atoms with Gasteiger partial charge in [-0.3, -0.25) is 4.79 Å². The van der Waals surface area contributed by atoms with Crippen molar-refractivity contribution in [1.82, 2.24) is 9.97 Å². The summed E-state index contributed by atoms with van der Waals surface area (Å²) in [6.45, 7) is 8.58. The molecule has 189 valence electrons. The fourth-order valence-electron chi connectivity index (χ4n) is 3.69. The molecule has 0 saturated heterocycles. The SMILES string of the molecule is C=CCc1cccc(-c2cccc(-c3cccc(-c4cccc(CC=C)c4O)n3)n2)c1O.CC(=O)O.[Mn]. The molecule has 0 bridgehead atoms. The summed E-state index contributed by atoms with van der Waals surface area (Å²) in [6, 6.07) is 22.5. The number of pyridine rings is 2. The van der Waals surface area contributed by atoms with Gasteiger partial charge in [-0.15, -0.1) is 13.2 Å². The minimum atomic E-state index is -0.833. The van der Waals surface area contributed by atoms with Crippen LogP contribution in [0.2, 0.25) is 0 Å². The van der Waals surface area contributed by atoms with E-state index in [-0.39, 0.29) is 28.6 Å². The number of hydrogen-bond acceptors (Lipinski definition) is 5. The second-order valence-electron chi connectivity index (χ2n) is 7.95. The first-order valence-corrected chi connectivity index (χ1v) is 11.3. The molecule has 0 aliphatic rings. The Kier molecular flexibility index (Phi) is 10.8. The van der Waals surface area contributed by atoms with Gasteiger partial charge in [0, 0.05) is 35.1 Å². The predicted octanol–water partition coefficient (Wildman–Crippen LogP) is 6.43. The zero-order valence-corrected chi connectivity index (χ0v) is 21.6. The molecule has 2 aromatic carbocycles. The number of rotatable bonds is 7. The van der Waals surface area contributed by atoms with Crippen LogP contribution in [-0.4, -0.2) is 31.3 Å². The molecule has 4 aromatic rings. The Labute approximate surface area is 227 Å². The zero-order valence-electron chi connectivity index (χ0n) is 20.4. The number of phenolic OH excluding ortho intramolecular Hbond substituents is 2. The molecule has 4 rings (SSSR count). The molecule has 0 amide bonds. The van der Waals surface area contributed by atoms with Crippen LogP contribution >= 0.6 is 0 Å². The van der Waals surface area contributed by atoms with Gasteiger partial charge < -0.3 is 15.3 Å². The maximum absolute atomic E-state index is 10.7. The number of carbonyl (C=O) groups is 1. The number of aromatic hydroxyl groups is 2. The first-order chi connectivity index (χ1) is 17.3. The Balaban J connectivity index is 0.000000898. The second kappa shape index (κ2) is 13.8. The van der Waals surface area contributed by atoms with Gasteiger partial charge >= 0.3 is 0 Å². The third kappa shape index (κ3) is 7.40. The summed E-state index contributed by atoms with van der Waals surface area (Å²) >= 11 is 0. The molecule has 1 radical (unpaired) electrons. The number of phenols is 2. The molecule has 0 fully saturated rings. The minimum Gasteiger partial charge on any atom is -0.507 e. The van der Waals surface area contributed by atoms with E-state index in [9.17, 15) is 10.2 Å². The van der Waals surface area contributed by atoms with Gasteiger partial charge in [-0.1, -0.05) is 48.6 Å². The standard InChI is InChI=1S/C28H24N2O2.C2H4O2.Mn/c1-3-9-19-11-5-13-21(27(19)31)23-15-7-17-25(29-23)26-18-8-16-24(30-26)22-14-6-12-20(10-4-2)28(22)32;1-2(3)4;/h3-8,11-18,31-32H,1-2,9-10H2;1H3,(H,3,4);. The van der Waals surface area contributed by atoms with E-state index in [1.807, 2.05) is 72.8 Å². The van der Waals surface area contributed by atoms with E-state index in [1.165, 1.54) is 0 Å². The predicted molar refractivity (Wildman–Crippen MR) is 143 cm³/mol. The van der Waals surface area contributed by atoms with E-state index in [4.69, 9.17) is 19.9 Å². The fourth-order valence-corrected chi connectivity index (χ4v) is 3.69. The van der Waals surface area contributed by atoms with Gasteiger partial charge in [-0.25, -0.2) is 9.97 Å². The average Bonchev–Trinajstić information content (AvgIpc) is 2.87. The Hall–Kier alpha value is -4.19. The molecule has 6 nitrogen and oxygen atoms in total. The topological polar surface area (TPSA) is 104 Å². The molecule has 2 heterocycles. The van der Waals surface area contributed by atoms with Crippen LogP contribution in [0.3, 0.4) is 0 Å². The van der Waals surface area contributed by atoms with E-state index in [0.29, 0.717) is 46.7 Å². The third-order valence-electron chi connectivity index (χ3n) is 5.28. The number of carboxylic acid groups (broad SMARTS) is 1. The number of allylic oxidation sites excluding steroid dienone is 2. The number of para-hydroxylation sites is 2. The molecule has 0 aliphatic carbocycles. The van der Waals surface area contributed by atoms with Crippen molar-refractivity contribution in [3.05, 3.63) is 109 Å². The van der Waals surface area contributed by atoms with Crippen LogP contribution in [-0.2, 0) is 34.7 Å². The van der Waals surface area contributed by atoms with Crippen molar-refractivity contribution in [3.8, 4) is 45.4 Å². The number of benzene rings is 2. The Morgan fingerprint density at radius 2 is 1.03 bits per heavy atom. The minimum absolute atomic E-state index is 0. The molecule has 37 heavy (non-hydrogen) atoms. The van der Waals surface area contributed by atoms with Crippen molar-refractivity contribution < 1.29 is 37.2 Å². The van der Waals surface area contributed by atoms with Gasteiger partial charge in [0.15, 0.2) is 0 Å². The first-order valence-electron chi connectivity index (χ1n) is 11.3. The van der Waals surface area contributed by atoms with Crippen molar-refractivity contribution >= 4 is 5.97 Å². The van der Waals surface area contributed by atoms with Crippen molar-refractivity contribution in [2.75, 3.05) is 0 Å². The van der Waals surface area contributed by atoms with Gasteiger partial charge in [0.25, 0.3) is 5.97 Å². The summed E-state index contributed by atoms with van der Waals surface area (Å²) in [5.74, 6) is -0.412. The van der Waals surface area contributed by atoms with Gasteiger partial charge in [-0.05, 0) is 60.4 Å². The van der Waals surface area contributed by atoms with Crippen LogP contribution in [0.1, 0.15) is 18.1 Å². The van der Waals surface area contributed by atoms with Crippen LogP contribution in [0, 0.1) is 0 Å². The van der Waals surface area contributed by atoms with E-state index < -0.39 is 5.97 Å². The summed E-state index contributed by atoms with van der Waals surface area (Å²) in [4.78, 5) is 18.5. The maximum atomic E-state index is 10.7. The van der Waals surface area contributed by atoms with Crippen LogP contribution in [0.4, 0.5) is 0 Å². The van der Waals surface area contributed by atoms with Crippen LogP contribution < -0.4 is 0 Å². The van der Waals surface area contributed by atoms with Gasteiger partial charge in [0.2, 0.25) is 0 Å². The van der Waals surface area contributed by atoms with Crippen LogP contribution in [0.15, 0.2) is 98.1 Å². The molecule has 0 saturated carbocycles. The second-order valence-corrected chi connectivity index (χ2v) is 7.95. The Morgan fingerprint density at radius 1 is 0.703 bits per heavy atom. The zero-order chi connectivity index (χ0) is 26.1. The van der Waals surface area contributed by atoms with Crippen molar-refractivity contribution in [2.24, 2.45) is 0 Å². The molecule has 0 spiro atoms. The molecule has 0 atom stereocenters. The van der Waals surface area contributed by atoms with E-state index in [2.05, 4.69) is 13.2 Å². The first kappa shape index (κ1) is 29.0. The molecule has 0 unspecified atom stereocenters.